The smallest absolute Gasteiger partial charge is 0.306 e. The molecule has 1 saturated heterocycles. The molecule has 1 rings (SSSR count). The first-order valence-electron chi connectivity index (χ1n) is 7.76. The number of Topliss-reactive ketones (excluding diaryl/α,β-unsaturated/α-hetero) is 1. The van der Waals surface area contributed by atoms with E-state index in [9.17, 15) is 14.4 Å². The van der Waals surface area contributed by atoms with Crippen LogP contribution in [0.25, 0.3) is 0 Å². The summed E-state index contributed by atoms with van der Waals surface area (Å²) in [6.45, 7) is 2.45. The Morgan fingerprint density at radius 2 is 2.09 bits per heavy atom. The van der Waals surface area contributed by atoms with E-state index in [0.717, 1.165) is 25.7 Å². The number of halogens is 1. The van der Waals surface area contributed by atoms with Crippen molar-refractivity contribution in [3.63, 3.8) is 0 Å². The van der Waals surface area contributed by atoms with Gasteiger partial charge >= 0.3 is 5.97 Å². The highest BCUT2D eigenvalue weighted by atomic mass is 35.5. The van der Waals surface area contributed by atoms with Crippen LogP contribution in [0.2, 0.25) is 0 Å². The van der Waals surface area contributed by atoms with E-state index in [2.05, 4.69) is 12.2 Å². The average molecular weight is 335 g/mol. The highest BCUT2D eigenvalue weighted by Crippen LogP contribution is 2.15. The van der Waals surface area contributed by atoms with Crippen molar-refractivity contribution in [2.75, 3.05) is 13.2 Å². The van der Waals surface area contributed by atoms with Crippen molar-refractivity contribution in [2.45, 2.75) is 57.9 Å². The lowest BCUT2D eigenvalue weighted by Gasteiger charge is -2.13. The number of unbranched alkanes of at least 4 members (excludes halogenated alkanes) is 3. The summed E-state index contributed by atoms with van der Waals surface area (Å²) in [6.07, 6.45) is 5.35. The average Bonchev–Trinajstić information content (AvgIpc) is 2.86. The van der Waals surface area contributed by atoms with Crippen molar-refractivity contribution < 1.29 is 19.1 Å². The van der Waals surface area contributed by atoms with Crippen LogP contribution < -0.4 is 11.1 Å². The second-order valence-corrected chi connectivity index (χ2v) is 5.56. The molecule has 3 N–H and O–H groups in total. The first kappa shape index (κ1) is 20.9. The third kappa shape index (κ3) is 7.75. The Bertz CT molecular complexity index is 377. The zero-order valence-electron chi connectivity index (χ0n) is 13.1. The fourth-order valence-corrected chi connectivity index (χ4v) is 2.33. The maximum absolute atomic E-state index is 11.8. The van der Waals surface area contributed by atoms with Crippen LogP contribution in [0, 0.1) is 5.92 Å². The highest BCUT2D eigenvalue weighted by molar-refractivity contribution is 5.88. The quantitative estimate of drug-likeness (QED) is 0.464. The molecule has 0 bridgehead atoms. The van der Waals surface area contributed by atoms with Crippen LogP contribution in [-0.4, -0.2) is 36.9 Å². The molecule has 0 unspecified atom stereocenters. The van der Waals surface area contributed by atoms with Crippen LogP contribution in [0.3, 0.4) is 0 Å². The molecule has 0 aliphatic carbocycles. The molecule has 22 heavy (non-hydrogen) atoms. The van der Waals surface area contributed by atoms with Crippen LogP contribution >= 0.6 is 12.4 Å². The predicted octanol–water partition coefficient (Wildman–Crippen LogP) is 1.34. The van der Waals surface area contributed by atoms with Crippen LogP contribution in [0.4, 0.5) is 0 Å². The van der Waals surface area contributed by atoms with Crippen LogP contribution in [-0.2, 0) is 19.1 Å². The van der Waals surface area contributed by atoms with Gasteiger partial charge in [-0.05, 0) is 19.3 Å². The first-order chi connectivity index (χ1) is 10.0. The summed E-state index contributed by atoms with van der Waals surface area (Å²) >= 11 is 0. The lowest BCUT2D eigenvalue weighted by Crippen LogP contribution is -2.37. The van der Waals surface area contributed by atoms with Gasteiger partial charge in [0, 0.05) is 18.9 Å². The zero-order valence-corrected chi connectivity index (χ0v) is 14.0. The summed E-state index contributed by atoms with van der Waals surface area (Å²) in [7, 11) is 0. The number of carbonyl (C=O) groups excluding carboxylic acids is 3. The molecular weight excluding hydrogens is 308 g/mol. The summed E-state index contributed by atoms with van der Waals surface area (Å²) in [4.78, 5) is 34.6. The molecule has 0 aromatic rings. The molecular formula is C15H27ClN2O4. The van der Waals surface area contributed by atoms with Crippen molar-refractivity contribution in [3.05, 3.63) is 0 Å². The van der Waals surface area contributed by atoms with Gasteiger partial charge in [0.05, 0.1) is 6.04 Å². The van der Waals surface area contributed by atoms with Gasteiger partial charge in [-0.3, -0.25) is 14.4 Å². The van der Waals surface area contributed by atoms with Gasteiger partial charge in [-0.15, -0.1) is 12.4 Å². The van der Waals surface area contributed by atoms with Gasteiger partial charge in [-0.25, -0.2) is 0 Å². The van der Waals surface area contributed by atoms with E-state index in [0.29, 0.717) is 25.8 Å². The number of ether oxygens (including phenoxy) is 1. The minimum atomic E-state index is -0.744. The van der Waals surface area contributed by atoms with E-state index in [-0.39, 0.29) is 42.6 Å². The number of hydrogen-bond donors (Lipinski definition) is 2. The molecule has 0 saturated carbocycles. The lowest BCUT2D eigenvalue weighted by atomic mass is 9.97. The van der Waals surface area contributed by atoms with Gasteiger partial charge in [0.15, 0.2) is 12.4 Å². The maximum atomic E-state index is 11.8. The van der Waals surface area contributed by atoms with Crippen LogP contribution in [0.15, 0.2) is 0 Å². The Labute approximate surface area is 137 Å². The largest absolute Gasteiger partial charge is 0.458 e. The number of nitrogens with one attached hydrogen (secondary N) is 1. The Kier molecular flexibility index (Phi) is 10.8. The molecule has 7 heteroatoms. The minimum absolute atomic E-state index is 0. The Morgan fingerprint density at radius 1 is 1.36 bits per heavy atom. The summed E-state index contributed by atoms with van der Waals surface area (Å²) in [5, 5.41) is 2.71. The highest BCUT2D eigenvalue weighted by Gasteiger charge is 2.28. The molecule has 1 heterocycles. The van der Waals surface area contributed by atoms with Crippen molar-refractivity contribution in [1.29, 1.82) is 0 Å². The number of amides is 1. The monoisotopic (exact) mass is 334 g/mol. The molecule has 0 aromatic carbocycles. The number of ketones is 1. The van der Waals surface area contributed by atoms with Gasteiger partial charge in [0.25, 0.3) is 0 Å². The Morgan fingerprint density at radius 3 is 2.68 bits per heavy atom. The van der Waals surface area contributed by atoms with E-state index in [1.807, 2.05) is 0 Å². The first-order valence-corrected chi connectivity index (χ1v) is 7.76. The Balaban J connectivity index is 0.00000441. The predicted molar refractivity (Wildman–Crippen MR) is 85.7 cm³/mol. The van der Waals surface area contributed by atoms with E-state index < -0.39 is 6.04 Å². The summed E-state index contributed by atoms with van der Waals surface area (Å²) < 4.78 is 4.93. The minimum Gasteiger partial charge on any atom is -0.458 e. The normalized spacial score (nSPS) is 18.3. The molecule has 0 aromatic heterocycles. The van der Waals surface area contributed by atoms with Crippen molar-refractivity contribution >= 4 is 30.1 Å². The maximum Gasteiger partial charge on any atom is 0.306 e. The molecule has 1 amide bonds. The Hall–Kier alpha value is -1.14. The van der Waals surface area contributed by atoms with Gasteiger partial charge in [0.2, 0.25) is 5.91 Å². The third-order valence-corrected chi connectivity index (χ3v) is 3.72. The topological polar surface area (TPSA) is 98.5 Å². The molecule has 6 nitrogen and oxygen atoms in total. The summed E-state index contributed by atoms with van der Waals surface area (Å²) in [5.74, 6) is -0.929. The van der Waals surface area contributed by atoms with E-state index in [4.69, 9.17) is 10.5 Å². The second-order valence-electron chi connectivity index (χ2n) is 5.56. The zero-order chi connectivity index (χ0) is 15.7. The van der Waals surface area contributed by atoms with Gasteiger partial charge in [0.1, 0.15) is 0 Å². The molecule has 128 valence electrons. The molecule has 1 aliphatic heterocycles. The van der Waals surface area contributed by atoms with Crippen molar-refractivity contribution in [3.8, 4) is 0 Å². The van der Waals surface area contributed by atoms with Gasteiger partial charge in [-0.1, -0.05) is 26.2 Å². The van der Waals surface area contributed by atoms with Gasteiger partial charge in [-0.2, -0.15) is 0 Å². The van der Waals surface area contributed by atoms with Crippen molar-refractivity contribution in [2.24, 2.45) is 11.7 Å². The van der Waals surface area contributed by atoms with E-state index in [1.54, 1.807) is 0 Å². The van der Waals surface area contributed by atoms with Crippen LogP contribution in [0.1, 0.15) is 51.9 Å². The van der Waals surface area contributed by atoms with Crippen LogP contribution in [0.5, 0.6) is 0 Å². The number of carbonyl (C=O) groups is 3. The van der Waals surface area contributed by atoms with E-state index >= 15 is 0 Å². The fraction of sp³-hybridized carbons (Fsp3) is 0.800. The third-order valence-electron chi connectivity index (χ3n) is 3.72. The molecule has 1 aliphatic rings. The molecule has 0 radical (unpaired) electrons. The summed E-state index contributed by atoms with van der Waals surface area (Å²) in [6, 6.07) is -0.744. The number of rotatable bonds is 10. The fourth-order valence-electron chi connectivity index (χ4n) is 2.33. The van der Waals surface area contributed by atoms with E-state index in [1.165, 1.54) is 0 Å². The SMILES string of the molecule is CCCCCCC(=O)OCC(=O)[C@@H](N)C[C@@H]1CCNC1=O.Cl. The molecule has 1 fully saturated rings. The van der Waals surface area contributed by atoms with Gasteiger partial charge < -0.3 is 15.8 Å². The molecule has 0 spiro atoms. The number of hydrogen-bond acceptors (Lipinski definition) is 5. The lowest BCUT2D eigenvalue weighted by molar-refractivity contribution is -0.148. The second kappa shape index (κ2) is 11.4. The standard InChI is InChI=1S/C15H26N2O4.ClH/c1-2-3-4-5-6-14(19)21-10-13(18)12(16)9-11-7-8-17-15(11)20;/h11-12H,2-10,16H2,1H3,(H,17,20);1H/t11-,12-;/m0./s1. The van der Waals surface area contributed by atoms with Crippen molar-refractivity contribution in [1.82, 2.24) is 5.32 Å². The molecule has 2 atom stereocenters. The number of esters is 1. The summed E-state index contributed by atoms with van der Waals surface area (Å²) in [5.41, 5.74) is 5.76. The number of nitrogens with two attached hydrogens (primary N) is 1.